The minimum Gasteiger partial charge on any atom is -0.465 e. The number of carbonyl (C=O) groups excluding carboxylic acids is 4. The van der Waals surface area contributed by atoms with Gasteiger partial charge < -0.3 is 15.4 Å². The maximum atomic E-state index is 13.1. The van der Waals surface area contributed by atoms with Crippen molar-refractivity contribution >= 4 is 29.5 Å². The second kappa shape index (κ2) is 8.36. The predicted octanol–water partition coefficient (Wildman–Crippen LogP) is 2.58. The lowest BCUT2D eigenvalue weighted by atomic mass is 9.87. The Kier molecular flexibility index (Phi) is 5.86. The van der Waals surface area contributed by atoms with E-state index in [0.717, 1.165) is 10.5 Å². The summed E-state index contributed by atoms with van der Waals surface area (Å²) in [6, 6.07) is 13.1. The van der Waals surface area contributed by atoms with Gasteiger partial charge in [-0.3, -0.25) is 14.5 Å². The second-order valence-corrected chi connectivity index (χ2v) is 7.02. The van der Waals surface area contributed by atoms with Crippen LogP contribution in [0.15, 0.2) is 48.5 Å². The van der Waals surface area contributed by atoms with E-state index in [1.165, 1.54) is 13.2 Å². The molecule has 2 aromatic rings. The largest absolute Gasteiger partial charge is 0.465 e. The van der Waals surface area contributed by atoms with Crippen LogP contribution in [-0.4, -0.2) is 42.4 Å². The summed E-state index contributed by atoms with van der Waals surface area (Å²) in [7, 11) is 1.27. The number of esters is 1. The molecule has 1 unspecified atom stereocenters. The van der Waals surface area contributed by atoms with E-state index in [1.807, 2.05) is 6.07 Å². The molecule has 156 valence electrons. The molecule has 0 aliphatic carbocycles. The lowest BCUT2D eigenvalue weighted by Crippen LogP contribution is -2.44. The predicted molar refractivity (Wildman–Crippen MR) is 110 cm³/mol. The average Bonchev–Trinajstić information content (AvgIpc) is 3.00. The molecule has 1 aliphatic heterocycles. The fourth-order valence-electron chi connectivity index (χ4n) is 3.47. The average molecular weight is 409 g/mol. The van der Waals surface area contributed by atoms with E-state index in [9.17, 15) is 19.2 Å². The SMILES string of the molecule is CCC1(c2ccccc2)NC(=O)N(CC(=O)Nc2cc(C(=O)OC)ccc2C)C1=O. The molecule has 0 aromatic heterocycles. The van der Waals surface area contributed by atoms with Gasteiger partial charge in [0.2, 0.25) is 5.91 Å². The van der Waals surface area contributed by atoms with Crippen LogP contribution in [0.5, 0.6) is 0 Å². The molecular formula is C22H23N3O5. The van der Waals surface area contributed by atoms with Gasteiger partial charge in [-0.25, -0.2) is 9.59 Å². The lowest BCUT2D eigenvalue weighted by Gasteiger charge is -2.25. The molecule has 1 heterocycles. The Morgan fingerprint density at radius 3 is 2.47 bits per heavy atom. The summed E-state index contributed by atoms with van der Waals surface area (Å²) < 4.78 is 4.69. The summed E-state index contributed by atoms with van der Waals surface area (Å²) in [6.07, 6.45) is 0.347. The molecule has 0 bridgehead atoms. The van der Waals surface area contributed by atoms with Crippen molar-refractivity contribution in [2.24, 2.45) is 0 Å². The summed E-state index contributed by atoms with van der Waals surface area (Å²) in [5, 5.41) is 5.40. The number of carbonyl (C=O) groups is 4. The molecule has 2 aromatic carbocycles. The van der Waals surface area contributed by atoms with Crippen molar-refractivity contribution in [2.45, 2.75) is 25.8 Å². The van der Waals surface area contributed by atoms with Crippen LogP contribution >= 0.6 is 0 Å². The topological polar surface area (TPSA) is 105 Å². The second-order valence-electron chi connectivity index (χ2n) is 7.02. The summed E-state index contributed by atoms with van der Waals surface area (Å²) in [5.41, 5.74) is 0.873. The quantitative estimate of drug-likeness (QED) is 0.564. The van der Waals surface area contributed by atoms with E-state index in [1.54, 1.807) is 50.2 Å². The van der Waals surface area contributed by atoms with E-state index < -0.39 is 35.9 Å². The van der Waals surface area contributed by atoms with Crippen LogP contribution in [0.2, 0.25) is 0 Å². The molecule has 4 amide bonds. The molecule has 1 fully saturated rings. The van der Waals surface area contributed by atoms with Gasteiger partial charge in [-0.05, 0) is 36.6 Å². The van der Waals surface area contributed by atoms with E-state index in [4.69, 9.17) is 4.74 Å². The zero-order valence-corrected chi connectivity index (χ0v) is 17.0. The fourth-order valence-corrected chi connectivity index (χ4v) is 3.47. The minimum absolute atomic E-state index is 0.280. The Morgan fingerprint density at radius 2 is 1.83 bits per heavy atom. The molecule has 0 radical (unpaired) electrons. The number of nitrogens with one attached hydrogen (secondary N) is 2. The van der Waals surface area contributed by atoms with Crippen LogP contribution in [0.25, 0.3) is 0 Å². The Labute approximate surface area is 174 Å². The third-order valence-corrected chi connectivity index (χ3v) is 5.21. The highest BCUT2D eigenvalue weighted by Crippen LogP contribution is 2.32. The number of hydrogen-bond acceptors (Lipinski definition) is 5. The van der Waals surface area contributed by atoms with Gasteiger partial charge >= 0.3 is 12.0 Å². The van der Waals surface area contributed by atoms with Crippen LogP contribution < -0.4 is 10.6 Å². The lowest BCUT2D eigenvalue weighted by molar-refractivity contribution is -0.134. The molecule has 0 spiro atoms. The summed E-state index contributed by atoms with van der Waals surface area (Å²) >= 11 is 0. The number of nitrogens with zero attached hydrogens (tertiary/aromatic N) is 1. The summed E-state index contributed by atoms with van der Waals surface area (Å²) in [4.78, 5) is 50.9. The smallest absolute Gasteiger partial charge is 0.337 e. The van der Waals surface area contributed by atoms with E-state index in [0.29, 0.717) is 17.7 Å². The van der Waals surface area contributed by atoms with Gasteiger partial charge in [-0.15, -0.1) is 0 Å². The zero-order chi connectivity index (χ0) is 21.9. The fraction of sp³-hybridized carbons (Fsp3) is 0.273. The van der Waals surface area contributed by atoms with Gasteiger partial charge in [-0.2, -0.15) is 0 Å². The number of amides is 4. The van der Waals surface area contributed by atoms with Crippen molar-refractivity contribution in [3.8, 4) is 0 Å². The summed E-state index contributed by atoms with van der Waals surface area (Å²) in [5.74, 6) is -1.56. The third-order valence-electron chi connectivity index (χ3n) is 5.21. The summed E-state index contributed by atoms with van der Waals surface area (Å²) in [6.45, 7) is 3.12. The maximum Gasteiger partial charge on any atom is 0.337 e. The van der Waals surface area contributed by atoms with Gasteiger partial charge in [0, 0.05) is 5.69 Å². The first-order valence-electron chi connectivity index (χ1n) is 9.51. The van der Waals surface area contributed by atoms with E-state index in [2.05, 4.69) is 10.6 Å². The van der Waals surface area contributed by atoms with E-state index in [-0.39, 0.29) is 5.56 Å². The molecule has 1 saturated heterocycles. The van der Waals surface area contributed by atoms with Gasteiger partial charge in [0.25, 0.3) is 5.91 Å². The van der Waals surface area contributed by atoms with Crippen LogP contribution in [0.4, 0.5) is 10.5 Å². The Bertz CT molecular complexity index is 1010. The van der Waals surface area contributed by atoms with E-state index >= 15 is 0 Å². The molecule has 1 atom stereocenters. The molecule has 8 nitrogen and oxygen atoms in total. The van der Waals surface area contributed by atoms with Gasteiger partial charge in [0.1, 0.15) is 12.1 Å². The van der Waals surface area contributed by atoms with Gasteiger partial charge in [-0.1, -0.05) is 43.3 Å². The zero-order valence-electron chi connectivity index (χ0n) is 17.0. The maximum absolute atomic E-state index is 13.1. The number of rotatable bonds is 6. The van der Waals surface area contributed by atoms with Crippen LogP contribution in [0.1, 0.15) is 34.8 Å². The normalized spacial score (nSPS) is 18.2. The number of anilines is 1. The Morgan fingerprint density at radius 1 is 1.13 bits per heavy atom. The van der Waals surface area contributed by atoms with Gasteiger partial charge in [0.15, 0.2) is 0 Å². The van der Waals surface area contributed by atoms with Crippen molar-refractivity contribution < 1.29 is 23.9 Å². The highest BCUT2D eigenvalue weighted by Gasteiger charge is 2.51. The van der Waals surface area contributed by atoms with Gasteiger partial charge in [0.05, 0.1) is 12.7 Å². The number of urea groups is 1. The highest BCUT2D eigenvalue weighted by atomic mass is 16.5. The molecular weight excluding hydrogens is 386 g/mol. The first-order chi connectivity index (χ1) is 14.3. The number of methoxy groups -OCH3 is 1. The molecule has 3 rings (SSSR count). The first kappa shape index (κ1) is 21.0. The minimum atomic E-state index is -1.20. The molecule has 2 N–H and O–H groups in total. The van der Waals surface area contributed by atoms with Crippen molar-refractivity contribution in [2.75, 3.05) is 19.0 Å². The Hall–Kier alpha value is -3.68. The standard InChI is InChI=1S/C22H23N3O5/c1-4-22(16-8-6-5-7-9-16)20(28)25(21(29)24-22)13-18(26)23-17-12-15(19(27)30-3)11-10-14(17)2/h5-12H,4,13H2,1-3H3,(H,23,26)(H,24,29). The monoisotopic (exact) mass is 409 g/mol. The number of aryl methyl sites for hydroxylation is 1. The van der Waals surface area contributed by atoms with Crippen molar-refractivity contribution in [1.29, 1.82) is 0 Å². The number of hydrogen-bond donors (Lipinski definition) is 2. The third kappa shape index (κ3) is 3.76. The number of ether oxygens (including phenoxy) is 1. The molecule has 1 aliphatic rings. The molecule has 30 heavy (non-hydrogen) atoms. The molecule has 8 heteroatoms. The van der Waals surface area contributed by atoms with Crippen LogP contribution in [-0.2, 0) is 19.9 Å². The molecule has 0 saturated carbocycles. The van der Waals surface area contributed by atoms with Crippen molar-refractivity contribution in [1.82, 2.24) is 10.2 Å². The van der Waals surface area contributed by atoms with Crippen LogP contribution in [0, 0.1) is 6.92 Å². The van der Waals surface area contributed by atoms with Crippen molar-refractivity contribution in [3.05, 3.63) is 65.2 Å². The van der Waals surface area contributed by atoms with Crippen LogP contribution in [0.3, 0.4) is 0 Å². The Balaban J connectivity index is 1.78. The number of imide groups is 1. The van der Waals surface area contributed by atoms with Crippen molar-refractivity contribution in [3.63, 3.8) is 0 Å². The highest BCUT2D eigenvalue weighted by molar-refractivity contribution is 6.10. The number of benzene rings is 2. The first-order valence-corrected chi connectivity index (χ1v) is 9.51.